The Balaban J connectivity index is 1.27. The number of allylic oxidation sites excluding steroid dienone is 5. The SMILES string of the molecule is C=C/C(=C\C=C/C)c1nc(-c2ccccc2)nc(-c2ccc3ccccc3c2-c2ccc(-c3ccc4c(c3)C(C)(C)c3ccccc3-4)cc2)n1. The van der Waals surface area contributed by atoms with Crippen LogP contribution in [0, 0.1) is 0 Å². The molecule has 0 saturated carbocycles. The van der Waals surface area contributed by atoms with E-state index in [0.29, 0.717) is 17.5 Å². The molecule has 3 heteroatoms. The van der Waals surface area contributed by atoms with Crippen LogP contribution in [0.2, 0.25) is 0 Å². The first kappa shape index (κ1) is 31.1. The number of hydrogen-bond donors (Lipinski definition) is 0. The molecule has 0 fully saturated rings. The smallest absolute Gasteiger partial charge is 0.164 e. The van der Waals surface area contributed by atoms with E-state index in [1.54, 1.807) is 6.08 Å². The summed E-state index contributed by atoms with van der Waals surface area (Å²) < 4.78 is 0. The number of aromatic nitrogens is 3. The zero-order chi connectivity index (χ0) is 34.2. The van der Waals surface area contributed by atoms with Crippen molar-refractivity contribution in [3.63, 3.8) is 0 Å². The summed E-state index contributed by atoms with van der Waals surface area (Å²) in [4.78, 5) is 15.1. The number of benzene rings is 6. The quantitative estimate of drug-likeness (QED) is 0.162. The minimum absolute atomic E-state index is 0.0464. The Labute approximate surface area is 294 Å². The number of fused-ring (bicyclic) bond motifs is 4. The molecule has 0 bridgehead atoms. The van der Waals surface area contributed by atoms with Crippen LogP contribution in [-0.4, -0.2) is 15.0 Å². The number of rotatable bonds is 7. The van der Waals surface area contributed by atoms with Gasteiger partial charge in [0, 0.05) is 27.7 Å². The molecule has 0 N–H and O–H groups in total. The molecule has 0 spiro atoms. The zero-order valence-corrected chi connectivity index (χ0v) is 28.6. The highest BCUT2D eigenvalue weighted by Crippen LogP contribution is 2.49. The van der Waals surface area contributed by atoms with Crippen LogP contribution in [0.4, 0.5) is 0 Å². The first-order valence-corrected chi connectivity index (χ1v) is 17.1. The summed E-state index contributed by atoms with van der Waals surface area (Å²) in [5.74, 6) is 1.82. The molecular formula is C47H37N3. The van der Waals surface area contributed by atoms with E-state index in [9.17, 15) is 0 Å². The van der Waals surface area contributed by atoms with Gasteiger partial charge in [-0.3, -0.25) is 0 Å². The Hall–Kier alpha value is -6.19. The van der Waals surface area contributed by atoms with Crippen LogP contribution in [0.1, 0.15) is 37.7 Å². The summed E-state index contributed by atoms with van der Waals surface area (Å²) in [6.45, 7) is 10.7. The standard InChI is InChI=1S/C47H37N3/c1-5-7-15-31(6-2)44-48-45(35-17-9-8-10-18-35)50-46(49-44)40-29-26-33-16-11-12-19-37(33)43(40)34-24-22-32(23-25-34)36-27-28-39-38-20-13-14-21-41(38)47(3,4)42(39)30-36/h5-30H,2H2,1,3-4H3/b7-5-,31-15+. The van der Waals surface area contributed by atoms with Crippen molar-refractivity contribution in [2.75, 3.05) is 0 Å². The minimum atomic E-state index is -0.0464. The van der Waals surface area contributed by atoms with Gasteiger partial charge in [0.1, 0.15) is 0 Å². The van der Waals surface area contributed by atoms with Crippen molar-refractivity contribution in [2.24, 2.45) is 0 Å². The van der Waals surface area contributed by atoms with Crippen LogP contribution >= 0.6 is 0 Å². The lowest BCUT2D eigenvalue weighted by molar-refractivity contribution is 0.660. The van der Waals surface area contributed by atoms with Gasteiger partial charge in [-0.15, -0.1) is 0 Å². The van der Waals surface area contributed by atoms with E-state index in [1.807, 2.05) is 55.5 Å². The molecule has 0 radical (unpaired) electrons. The van der Waals surface area contributed by atoms with E-state index in [2.05, 4.69) is 124 Å². The fraction of sp³-hybridized carbons (Fsp3) is 0.0851. The van der Waals surface area contributed by atoms with Gasteiger partial charge in [0.05, 0.1) is 0 Å². The second kappa shape index (κ2) is 12.7. The highest BCUT2D eigenvalue weighted by Gasteiger charge is 2.35. The molecular weight excluding hydrogens is 607 g/mol. The Morgan fingerprint density at radius 2 is 1.24 bits per heavy atom. The molecule has 1 aliphatic rings. The number of hydrogen-bond acceptors (Lipinski definition) is 3. The van der Waals surface area contributed by atoms with E-state index in [4.69, 9.17) is 15.0 Å². The van der Waals surface area contributed by atoms with E-state index < -0.39 is 0 Å². The fourth-order valence-corrected chi connectivity index (χ4v) is 7.26. The van der Waals surface area contributed by atoms with Gasteiger partial charge < -0.3 is 0 Å². The van der Waals surface area contributed by atoms with Crippen LogP contribution in [-0.2, 0) is 5.41 Å². The van der Waals surface area contributed by atoms with Crippen LogP contribution < -0.4 is 0 Å². The summed E-state index contributed by atoms with van der Waals surface area (Å²) in [6.07, 6.45) is 7.75. The predicted molar refractivity (Wildman–Crippen MR) is 210 cm³/mol. The van der Waals surface area contributed by atoms with Crippen molar-refractivity contribution in [1.29, 1.82) is 0 Å². The summed E-state index contributed by atoms with van der Waals surface area (Å²) in [7, 11) is 0. The molecule has 50 heavy (non-hydrogen) atoms. The molecule has 0 amide bonds. The van der Waals surface area contributed by atoms with Crippen molar-refractivity contribution in [3.05, 3.63) is 181 Å². The molecule has 1 aromatic heterocycles. The third kappa shape index (κ3) is 5.38. The minimum Gasteiger partial charge on any atom is -0.208 e. The zero-order valence-electron chi connectivity index (χ0n) is 28.6. The lowest BCUT2D eigenvalue weighted by Crippen LogP contribution is -2.14. The lowest BCUT2D eigenvalue weighted by Gasteiger charge is -2.22. The van der Waals surface area contributed by atoms with Crippen LogP contribution in [0.3, 0.4) is 0 Å². The van der Waals surface area contributed by atoms with Crippen LogP contribution in [0.15, 0.2) is 164 Å². The van der Waals surface area contributed by atoms with Crippen molar-refractivity contribution in [3.8, 4) is 56.2 Å². The molecule has 1 heterocycles. The van der Waals surface area contributed by atoms with E-state index in [-0.39, 0.29) is 5.41 Å². The highest BCUT2D eigenvalue weighted by atomic mass is 15.0. The van der Waals surface area contributed by atoms with Gasteiger partial charge >= 0.3 is 0 Å². The van der Waals surface area contributed by atoms with Crippen molar-refractivity contribution < 1.29 is 0 Å². The molecule has 3 nitrogen and oxygen atoms in total. The third-order valence-electron chi connectivity index (χ3n) is 9.87. The summed E-state index contributed by atoms with van der Waals surface area (Å²) in [5.41, 5.74) is 12.7. The van der Waals surface area contributed by atoms with E-state index >= 15 is 0 Å². The van der Waals surface area contributed by atoms with Gasteiger partial charge in [-0.2, -0.15) is 0 Å². The van der Waals surface area contributed by atoms with Gasteiger partial charge in [0.25, 0.3) is 0 Å². The molecule has 240 valence electrons. The highest BCUT2D eigenvalue weighted by molar-refractivity contribution is 6.03. The van der Waals surface area contributed by atoms with Gasteiger partial charge in [0.15, 0.2) is 17.5 Å². The monoisotopic (exact) mass is 643 g/mol. The molecule has 7 aromatic rings. The Kier molecular flexibility index (Phi) is 7.89. The summed E-state index contributed by atoms with van der Waals surface area (Å²) in [5, 5.41) is 2.31. The third-order valence-corrected chi connectivity index (χ3v) is 9.87. The molecule has 8 rings (SSSR count). The largest absolute Gasteiger partial charge is 0.208 e. The normalized spacial score (nSPS) is 13.4. The second-order valence-corrected chi connectivity index (χ2v) is 13.2. The van der Waals surface area contributed by atoms with Gasteiger partial charge in [-0.1, -0.05) is 166 Å². The van der Waals surface area contributed by atoms with Crippen molar-refractivity contribution in [2.45, 2.75) is 26.2 Å². The maximum atomic E-state index is 5.09. The Morgan fingerprint density at radius 3 is 2.04 bits per heavy atom. The second-order valence-electron chi connectivity index (χ2n) is 13.2. The van der Waals surface area contributed by atoms with E-state index in [0.717, 1.165) is 38.6 Å². The van der Waals surface area contributed by atoms with Gasteiger partial charge in [0.2, 0.25) is 0 Å². The van der Waals surface area contributed by atoms with Crippen molar-refractivity contribution >= 4 is 16.3 Å². The fourth-order valence-electron chi connectivity index (χ4n) is 7.26. The molecule has 0 unspecified atom stereocenters. The van der Waals surface area contributed by atoms with Crippen LogP contribution in [0.25, 0.3) is 72.5 Å². The molecule has 0 saturated heterocycles. The first-order chi connectivity index (χ1) is 24.5. The average Bonchev–Trinajstić information content (AvgIpc) is 3.40. The average molecular weight is 644 g/mol. The van der Waals surface area contributed by atoms with Gasteiger partial charge in [-0.25, -0.2) is 15.0 Å². The lowest BCUT2D eigenvalue weighted by atomic mass is 9.81. The summed E-state index contributed by atoms with van der Waals surface area (Å²) >= 11 is 0. The molecule has 6 aromatic carbocycles. The van der Waals surface area contributed by atoms with Crippen LogP contribution in [0.5, 0.6) is 0 Å². The summed E-state index contributed by atoms with van der Waals surface area (Å²) in [6, 6.07) is 47.6. The Morgan fingerprint density at radius 1 is 0.580 bits per heavy atom. The molecule has 1 aliphatic carbocycles. The molecule has 0 aliphatic heterocycles. The first-order valence-electron chi connectivity index (χ1n) is 17.1. The van der Waals surface area contributed by atoms with Gasteiger partial charge in [-0.05, 0) is 68.8 Å². The maximum Gasteiger partial charge on any atom is 0.164 e. The number of nitrogens with zero attached hydrogens (tertiary/aromatic N) is 3. The van der Waals surface area contributed by atoms with E-state index in [1.165, 1.54) is 33.4 Å². The Bertz CT molecular complexity index is 2470. The topological polar surface area (TPSA) is 38.7 Å². The predicted octanol–water partition coefficient (Wildman–Crippen LogP) is 12.1. The molecule has 0 atom stereocenters. The van der Waals surface area contributed by atoms with Crippen molar-refractivity contribution in [1.82, 2.24) is 15.0 Å². The maximum absolute atomic E-state index is 5.09.